The number of aromatic nitrogens is 2. The summed E-state index contributed by atoms with van der Waals surface area (Å²) in [6, 6.07) is 4.02. The van der Waals surface area contributed by atoms with Crippen LogP contribution in [0.15, 0.2) is 28.2 Å². The number of amides is 1. The average molecular weight is 466 g/mol. The van der Waals surface area contributed by atoms with Gasteiger partial charge in [0.05, 0.1) is 11.1 Å². The molecule has 11 heteroatoms. The van der Waals surface area contributed by atoms with Crippen LogP contribution in [0.4, 0.5) is 14.5 Å². The Kier molecular flexibility index (Phi) is 4.89. The predicted octanol–water partition coefficient (Wildman–Crippen LogP) is 3.93. The van der Waals surface area contributed by atoms with Crippen LogP contribution in [-0.2, 0) is 24.7 Å². The maximum atomic E-state index is 13.1. The molecule has 1 amide bonds. The van der Waals surface area contributed by atoms with Gasteiger partial charge in [-0.25, -0.2) is 4.98 Å². The van der Waals surface area contributed by atoms with E-state index >= 15 is 0 Å². The van der Waals surface area contributed by atoms with E-state index in [-0.39, 0.29) is 28.7 Å². The van der Waals surface area contributed by atoms with Gasteiger partial charge in [0.1, 0.15) is 4.83 Å². The number of halogens is 2. The van der Waals surface area contributed by atoms with Gasteiger partial charge in [-0.05, 0) is 43.4 Å². The number of thiophene rings is 1. The van der Waals surface area contributed by atoms with Crippen molar-refractivity contribution in [3.8, 4) is 11.5 Å². The first-order valence-corrected chi connectivity index (χ1v) is 11.4. The lowest BCUT2D eigenvalue weighted by molar-refractivity contribution is -0.286. The van der Waals surface area contributed by atoms with E-state index in [0.717, 1.165) is 47.8 Å². The topological polar surface area (TPSA) is 82.5 Å². The lowest BCUT2D eigenvalue weighted by atomic mass is 9.97. The molecule has 1 aliphatic heterocycles. The molecule has 0 saturated carbocycles. The quantitative estimate of drug-likeness (QED) is 0.465. The van der Waals surface area contributed by atoms with Crippen LogP contribution >= 0.6 is 23.1 Å². The Balaban J connectivity index is 1.31. The van der Waals surface area contributed by atoms with Crippen LogP contribution in [-0.4, -0.2) is 27.5 Å². The molecule has 2 aromatic heterocycles. The SMILES string of the molecule is Cn1c(SCC(=O)Nc2ccc3c(c2)OC(F)(F)O3)nc2sc3c(c2c1=O)CCCC3. The predicted molar refractivity (Wildman–Crippen MR) is 114 cm³/mol. The fourth-order valence-corrected chi connectivity index (χ4v) is 5.82. The summed E-state index contributed by atoms with van der Waals surface area (Å²) < 4.78 is 36.5. The highest BCUT2D eigenvalue weighted by atomic mass is 32.2. The Morgan fingerprint density at radius 3 is 2.90 bits per heavy atom. The van der Waals surface area contributed by atoms with E-state index in [9.17, 15) is 18.4 Å². The number of nitrogens with zero attached hydrogens (tertiary/aromatic N) is 2. The van der Waals surface area contributed by atoms with Gasteiger partial charge in [0.2, 0.25) is 5.91 Å². The van der Waals surface area contributed by atoms with Crippen LogP contribution in [0, 0.1) is 0 Å². The van der Waals surface area contributed by atoms with Crippen molar-refractivity contribution >= 4 is 44.9 Å². The van der Waals surface area contributed by atoms with Crippen LogP contribution in [0.3, 0.4) is 0 Å². The number of rotatable bonds is 4. The van der Waals surface area contributed by atoms with E-state index in [4.69, 9.17) is 0 Å². The fourth-order valence-electron chi connectivity index (χ4n) is 3.75. The van der Waals surface area contributed by atoms with Crippen molar-refractivity contribution in [2.75, 3.05) is 11.1 Å². The number of carbonyl (C=O) groups is 1. The van der Waals surface area contributed by atoms with Crippen LogP contribution in [0.1, 0.15) is 23.3 Å². The smallest absolute Gasteiger partial charge is 0.395 e. The highest BCUT2D eigenvalue weighted by Gasteiger charge is 2.43. The molecular formula is C20H17F2N3O4S2. The summed E-state index contributed by atoms with van der Waals surface area (Å²) in [5, 5.41) is 3.78. The molecular weight excluding hydrogens is 448 g/mol. The minimum absolute atomic E-state index is 0.00147. The minimum atomic E-state index is -3.71. The molecule has 0 fully saturated rings. The Labute approximate surface area is 183 Å². The number of carbonyl (C=O) groups excluding carboxylic acids is 1. The molecule has 162 valence electrons. The van der Waals surface area contributed by atoms with E-state index in [1.54, 1.807) is 18.4 Å². The first-order chi connectivity index (χ1) is 14.8. The molecule has 0 atom stereocenters. The van der Waals surface area contributed by atoms with E-state index in [2.05, 4.69) is 19.8 Å². The number of aryl methyl sites for hydroxylation is 2. The normalized spacial score (nSPS) is 16.4. The standard InChI is InChI=1S/C20H17F2N3O4S2/c1-25-18(27)16-11-4-2-3-5-14(11)31-17(16)24-19(25)30-9-15(26)23-10-6-7-12-13(8-10)29-20(21,22)28-12/h6-8H,2-5,9H2,1H3,(H,23,26). The van der Waals surface area contributed by atoms with Gasteiger partial charge < -0.3 is 14.8 Å². The van der Waals surface area contributed by atoms with Gasteiger partial charge in [0.15, 0.2) is 16.7 Å². The van der Waals surface area contributed by atoms with Gasteiger partial charge in [-0.15, -0.1) is 20.1 Å². The third kappa shape index (κ3) is 3.76. The minimum Gasteiger partial charge on any atom is -0.395 e. The van der Waals surface area contributed by atoms with Crippen LogP contribution < -0.4 is 20.3 Å². The molecule has 1 N–H and O–H groups in total. The molecule has 0 saturated heterocycles. The summed E-state index contributed by atoms with van der Waals surface area (Å²) in [4.78, 5) is 31.9. The Bertz CT molecular complexity index is 1270. The second-order valence-corrected chi connectivity index (χ2v) is 9.34. The third-order valence-electron chi connectivity index (χ3n) is 5.17. The van der Waals surface area contributed by atoms with E-state index < -0.39 is 6.29 Å². The fraction of sp³-hybridized carbons (Fsp3) is 0.350. The molecule has 0 unspecified atom stereocenters. The number of nitrogens with one attached hydrogen (secondary N) is 1. The van der Waals surface area contributed by atoms with Crippen LogP contribution in [0.2, 0.25) is 0 Å². The maximum Gasteiger partial charge on any atom is 0.586 e. The number of anilines is 1. The lowest BCUT2D eigenvalue weighted by Gasteiger charge is -2.11. The van der Waals surface area contributed by atoms with Crippen molar-refractivity contribution in [1.82, 2.24) is 9.55 Å². The first kappa shape index (κ1) is 20.3. The second kappa shape index (κ2) is 7.49. The van der Waals surface area contributed by atoms with Crippen molar-refractivity contribution in [1.29, 1.82) is 0 Å². The zero-order chi connectivity index (χ0) is 21.8. The third-order valence-corrected chi connectivity index (χ3v) is 7.39. The molecule has 1 aromatic carbocycles. The number of thioether (sulfide) groups is 1. The molecule has 5 rings (SSSR count). The molecule has 3 aromatic rings. The van der Waals surface area contributed by atoms with Gasteiger partial charge >= 0.3 is 6.29 Å². The number of ether oxygens (including phenoxy) is 2. The Hall–Kier alpha value is -2.66. The van der Waals surface area contributed by atoms with Gasteiger partial charge in [0, 0.05) is 23.7 Å². The van der Waals surface area contributed by atoms with Gasteiger partial charge in [-0.2, -0.15) is 0 Å². The number of hydrogen-bond donors (Lipinski definition) is 1. The molecule has 3 heterocycles. The molecule has 31 heavy (non-hydrogen) atoms. The summed E-state index contributed by atoms with van der Waals surface area (Å²) in [6.07, 6.45) is 0.376. The van der Waals surface area contributed by atoms with E-state index in [0.29, 0.717) is 16.2 Å². The first-order valence-electron chi connectivity index (χ1n) is 9.64. The molecule has 0 bridgehead atoms. The van der Waals surface area contributed by atoms with Gasteiger partial charge in [-0.1, -0.05) is 11.8 Å². The molecule has 1 aliphatic carbocycles. The van der Waals surface area contributed by atoms with E-state index in [1.807, 2.05) is 0 Å². The Morgan fingerprint density at radius 1 is 1.29 bits per heavy atom. The van der Waals surface area contributed by atoms with E-state index in [1.165, 1.54) is 27.6 Å². The van der Waals surface area contributed by atoms with Crippen molar-refractivity contribution in [2.45, 2.75) is 37.1 Å². The summed E-state index contributed by atoms with van der Waals surface area (Å²) in [6.45, 7) is 0. The average Bonchev–Trinajstić information content (AvgIpc) is 3.24. The monoisotopic (exact) mass is 465 g/mol. The van der Waals surface area contributed by atoms with Crippen molar-refractivity contribution in [3.63, 3.8) is 0 Å². The largest absolute Gasteiger partial charge is 0.586 e. The molecule has 2 aliphatic rings. The molecule has 7 nitrogen and oxygen atoms in total. The summed E-state index contributed by atoms with van der Waals surface area (Å²) in [7, 11) is 1.65. The number of benzene rings is 1. The van der Waals surface area contributed by atoms with Gasteiger partial charge in [-0.3, -0.25) is 14.2 Å². The van der Waals surface area contributed by atoms with Crippen LogP contribution in [0.5, 0.6) is 11.5 Å². The number of fused-ring (bicyclic) bond motifs is 4. The zero-order valence-corrected chi connectivity index (χ0v) is 18.0. The Morgan fingerprint density at radius 2 is 2.06 bits per heavy atom. The number of hydrogen-bond acceptors (Lipinski definition) is 7. The van der Waals surface area contributed by atoms with Crippen molar-refractivity contribution in [2.24, 2.45) is 7.05 Å². The van der Waals surface area contributed by atoms with Gasteiger partial charge in [0.25, 0.3) is 5.56 Å². The molecule has 0 radical (unpaired) electrons. The summed E-state index contributed by atoms with van der Waals surface area (Å²) in [5.74, 6) is -0.604. The summed E-state index contributed by atoms with van der Waals surface area (Å²) in [5.41, 5.74) is 1.33. The second-order valence-electron chi connectivity index (χ2n) is 7.32. The van der Waals surface area contributed by atoms with Crippen molar-refractivity contribution in [3.05, 3.63) is 39.0 Å². The highest BCUT2D eigenvalue weighted by Crippen LogP contribution is 2.42. The highest BCUT2D eigenvalue weighted by molar-refractivity contribution is 7.99. The van der Waals surface area contributed by atoms with Crippen molar-refractivity contribution < 1.29 is 23.0 Å². The zero-order valence-electron chi connectivity index (χ0n) is 16.4. The maximum absolute atomic E-state index is 13.1. The lowest BCUT2D eigenvalue weighted by Crippen LogP contribution is -2.25. The number of alkyl halides is 2. The summed E-state index contributed by atoms with van der Waals surface area (Å²) >= 11 is 2.70. The molecule has 0 spiro atoms. The van der Waals surface area contributed by atoms with Crippen LogP contribution in [0.25, 0.3) is 10.2 Å².